The summed E-state index contributed by atoms with van der Waals surface area (Å²) in [6, 6.07) is 15.6. The molecule has 0 saturated heterocycles. The molecule has 2 aromatic carbocycles. The molecule has 0 aliphatic rings. The lowest BCUT2D eigenvalue weighted by Crippen LogP contribution is -2.33. The summed E-state index contributed by atoms with van der Waals surface area (Å²) in [5, 5.41) is 3.54. The maximum Gasteiger partial charge on any atom is 0.426 e. The highest BCUT2D eigenvalue weighted by Gasteiger charge is 2.23. The Kier molecular flexibility index (Phi) is 5.18. The second-order valence-electron chi connectivity index (χ2n) is 5.02. The number of carbonyl (C=O) groups is 1. The number of nitrogens with one attached hydrogen (secondary N) is 1. The third kappa shape index (κ3) is 4.39. The molecule has 3 rings (SSSR count). The Morgan fingerprint density at radius 1 is 1.04 bits per heavy atom. The van der Waals surface area contributed by atoms with Crippen molar-refractivity contribution in [2.45, 2.75) is 11.5 Å². The third-order valence-electron chi connectivity index (χ3n) is 3.17. The van der Waals surface area contributed by atoms with Gasteiger partial charge in [-0.3, -0.25) is 0 Å². The molecule has 0 aliphatic carbocycles. The molecule has 0 atom stereocenters. The van der Waals surface area contributed by atoms with Crippen LogP contribution in [-0.2, 0) is 16.6 Å². The molecular formula is C17H14N2O6S. The van der Waals surface area contributed by atoms with Crippen molar-refractivity contribution in [2.75, 3.05) is 0 Å². The van der Waals surface area contributed by atoms with Crippen molar-refractivity contribution >= 4 is 16.1 Å². The average Bonchev–Trinajstić information content (AvgIpc) is 3.14. The Bertz CT molecular complexity index is 972. The zero-order chi connectivity index (χ0) is 18.4. The van der Waals surface area contributed by atoms with Crippen LogP contribution in [0.15, 0.2) is 76.3 Å². The molecule has 0 fully saturated rings. The highest BCUT2D eigenvalue weighted by Crippen LogP contribution is 2.24. The van der Waals surface area contributed by atoms with Crippen LogP contribution in [0.3, 0.4) is 0 Å². The smallest absolute Gasteiger partial charge is 0.426 e. The van der Waals surface area contributed by atoms with Gasteiger partial charge in [-0.2, -0.15) is 0 Å². The highest BCUT2D eigenvalue weighted by molar-refractivity contribution is 7.90. The minimum absolute atomic E-state index is 0.0129. The number of sulfonamides is 1. The van der Waals surface area contributed by atoms with Gasteiger partial charge >= 0.3 is 6.09 Å². The van der Waals surface area contributed by atoms with Gasteiger partial charge in [-0.15, -0.1) is 0 Å². The molecule has 3 aromatic rings. The summed E-state index contributed by atoms with van der Waals surface area (Å²) in [6.07, 6.45) is 0.323. The van der Waals surface area contributed by atoms with Crippen LogP contribution in [-0.4, -0.2) is 19.7 Å². The number of hydrogen-bond donors (Lipinski definition) is 1. The number of para-hydroxylation sites is 2. The lowest BCUT2D eigenvalue weighted by Gasteiger charge is -2.12. The van der Waals surface area contributed by atoms with E-state index in [1.54, 1.807) is 30.3 Å². The van der Waals surface area contributed by atoms with E-state index in [0.29, 0.717) is 5.76 Å². The van der Waals surface area contributed by atoms with E-state index in [1.165, 1.54) is 36.5 Å². The van der Waals surface area contributed by atoms with Crippen molar-refractivity contribution in [1.29, 1.82) is 0 Å². The molecular weight excluding hydrogens is 360 g/mol. The lowest BCUT2D eigenvalue weighted by molar-refractivity contribution is 0.206. The van der Waals surface area contributed by atoms with Gasteiger partial charge in [0.1, 0.15) is 23.0 Å². The Morgan fingerprint density at radius 2 is 1.77 bits per heavy atom. The maximum atomic E-state index is 12.5. The van der Waals surface area contributed by atoms with Crippen molar-refractivity contribution in [3.8, 4) is 11.5 Å². The predicted molar refractivity (Wildman–Crippen MR) is 90.1 cm³/mol. The van der Waals surface area contributed by atoms with Crippen LogP contribution in [0.5, 0.6) is 11.5 Å². The molecule has 1 N–H and O–H groups in total. The minimum atomic E-state index is -4.20. The van der Waals surface area contributed by atoms with Crippen LogP contribution in [0.2, 0.25) is 0 Å². The molecule has 0 bridgehead atoms. The normalized spacial score (nSPS) is 10.9. The van der Waals surface area contributed by atoms with Gasteiger partial charge in [-0.05, 0) is 24.3 Å². The number of hydrogen-bond acceptors (Lipinski definition) is 7. The highest BCUT2D eigenvalue weighted by atomic mass is 32.2. The van der Waals surface area contributed by atoms with Gasteiger partial charge < -0.3 is 14.0 Å². The third-order valence-corrected chi connectivity index (χ3v) is 4.52. The molecule has 8 nitrogen and oxygen atoms in total. The Balaban J connectivity index is 1.73. The van der Waals surface area contributed by atoms with Crippen LogP contribution < -0.4 is 14.2 Å². The van der Waals surface area contributed by atoms with Crippen molar-refractivity contribution in [3.05, 3.63) is 72.6 Å². The van der Waals surface area contributed by atoms with Gasteiger partial charge in [0.2, 0.25) is 0 Å². The van der Waals surface area contributed by atoms with E-state index in [1.807, 2.05) is 4.72 Å². The summed E-state index contributed by atoms with van der Waals surface area (Å²) in [4.78, 5) is 11.7. The Hall–Kier alpha value is -3.33. The molecule has 0 spiro atoms. The van der Waals surface area contributed by atoms with E-state index in [2.05, 4.69) is 5.16 Å². The first kappa shape index (κ1) is 17.5. The molecule has 9 heteroatoms. The largest absolute Gasteiger partial charge is 0.484 e. The standard InChI is InChI=1S/C17H14N2O6S/c20-17(24-13-6-2-1-3-7-13)19-26(21,22)16-9-5-4-8-15(16)23-12-14-10-11-18-25-14/h1-11H,12H2,(H,19,20). The molecule has 0 radical (unpaired) electrons. The summed E-state index contributed by atoms with van der Waals surface area (Å²) in [7, 11) is -4.20. The molecule has 1 heterocycles. The molecule has 0 saturated carbocycles. The molecule has 1 aromatic heterocycles. The van der Waals surface area contributed by atoms with Crippen molar-refractivity contribution in [1.82, 2.24) is 9.88 Å². The van der Waals surface area contributed by atoms with E-state index in [-0.39, 0.29) is 23.0 Å². The molecule has 0 unspecified atom stereocenters. The molecule has 0 aliphatic heterocycles. The van der Waals surface area contributed by atoms with Gasteiger partial charge in [-0.25, -0.2) is 17.9 Å². The summed E-state index contributed by atoms with van der Waals surface area (Å²) in [6.45, 7) is -0.0129. The van der Waals surface area contributed by atoms with Gasteiger partial charge in [0.15, 0.2) is 5.76 Å². The minimum Gasteiger partial charge on any atom is -0.484 e. The van der Waals surface area contributed by atoms with Crippen LogP contribution in [0.4, 0.5) is 4.79 Å². The number of rotatable bonds is 6. The number of benzene rings is 2. The molecule has 134 valence electrons. The van der Waals surface area contributed by atoms with Crippen LogP contribution in [0.25, 0.3) is 0 Å². The summed E-state index contributed by atoms with van der Waals surface area (Å²) < 4.78 is 42.1. The zero-order valence-electron chi connectivity index (χ0n) is 13.4. The number of aromatic nitrogens is 1. The van der Waals surface area contributed by atoms with Gasteiger partial charge in [0, 0.05) is 6.07 Å². The van der Waals surface area contributed by atoms with E-state index in [4.69, 9.17) is 14.0 Å². The van der Waals surface area contributed by atoms with Crippen LogP contribution in [0.1, 0.15) is 5.76 Å². The second-order valence-corrected chi connectivity index (χ2v) is 6.67. The molecule has 1 amide bonds. The first-order chi connectivity index (χ1) is 12.5. The van der Waals surface area contributed by atoms with Gasteiger partial charge in [-0.1, -0.05) is 35.5 Å². The SMILES string of the molecule is O=C(NS(=O)(=O)c1ccccc1OCc1ccno1)Oc1ccccc1. The fraction of sp³-hybridized carbons (Fsp3) is 0.0588. The average molecular weight is 374 g/mol. The summed E-state index contributed by atoms with van der Waals surface area (Å²) >= 11 is 0. The van der Waals surface area contributed by atoms with E-state index in [0.717, 1.165) is 0 Å². The fourth-order valence-corrected chi connectivity index (χ4v) is 3.06. The number of carbonyl (C=O) groups excluding carboxylic acids is 1. The topological polar surface area (TPSA) is 108 Å². The van der Waals surface area contributed by atoms with Gasteiger partial charge in [0.25, 0.3) is 10.0 Å². The number of ether oxygens (including phenoxy) is 2. The fourth-order valence-electron chi connectivity index (χ4n) is 2.04. The van der Waals surface area contributed by atoms with Crippen molar-refractivity contribution in [3.63, 3.8) is 0 Å². The van der Waals surface area contributed by atoms with Crippen molar-refractivity contribution < 1.29 is 27.2 Å². The lowest BCUT2D eigenvalue weighted by atomic mass is 10.3. The quantitative estimate of drug-likeness (QED) is 0.707. The number of nitrogens with zero attached hydrogens (tertiary/aromatic N) is 1. The van der Waals surface area contributed by atoms with E-state index >= 15 is 0 Å². The summed E-state index contributed by atoms with van der Waals surface area (Å²) in [5.74, 6) is 0.701. The van der Waals surface area contributed by atoms with E-state index < -0.39 is 16.1 Å². The maximum absolute atomic E-state index is 12.5. The monoisotopic (exact) mass is 374 g/mol. The van der Waals surface area contributed by atoms with Gasteiger partial charge in [0.05, 0.1) is 6.20 Å². The van der Waals surface area contributed by atoms with Crippen molar-refractivity contribution in [2.24, 2.45) is 0 Å². The molecule has 26 heavy (non-hydrogen) atoms. The number of amides is 1. The predicted octanol–water partition coefficient (Wildman–Crippen LogP) is 2.73. The Labute approximate surface area is 149 Å². The van der Waals surface area contributed by atoms with E-state index in [9.17, 15) is 13.2 Å². The zero-order valence-corrected chi connectivity index (χ0v) is 14.2. The summed E-state index contributed by atoms with van der Waals surface area (Å²) in [5.41, 5.74) is 0. The van der Waals surface area contributed by atoms with Crippen LogP contribution in [0, 0.1) is 0 Å². The Morgan fingerprint density at radius 3 is 2.50 bits per heavy atom. The first-order valence-corrected chi connectivity index (χ1v) is 8.94. The first-order valence-electron chi connectivity index (χ1n) is 7.46. The second kappa shape index (κ2) is 7.70. The van der Waals surface area contributed by atoms with Crippen LogP contribution >= 0.6 is 0 Å².